The van der Waals surface area contributed by atoms with Crippen LogP contribution >= 0.6 is 11.6 Å². The van der Waals surface area contributed by atoms with Crippen molar-refractivity contribution in [1.29, 1.82) is 0 Å². The molecule has 0 aliphatic carbocycles. The van der Waals surface area contributed by atoms with Crippen LogP contribution in [0.1, 0.15) is 5.56 Å². The molecular weight excluding hydrogens is 324 g/mol. The zero-order chi connectivity index (χ0) is 17.1. The molecule has 0 amide bonds. The molecular formula is C19H15ClN2O2. The summed E-state index contributed by atoms with van der Waals surface area (Å²) in [5.74, 6) is 0. The van der Waals surface area contributed by atoms with E-state index < -0.39 is 4.92 Å². The maximum absolute atomic E-state index is 10.7. The Morgan fingerprint density at radius 2 is 1.71 bits per heavy atom. The Morgan fingerprint density at radius 1 is 1.00 bits per heavy atom. The molecule has 0 aliphatic rings. The Kier molecular flexibility index (Phi) is 4.49. The number of rotatable bonds is 4. The highest BCUT2D eigenvalue weighted by atomic mass is 35.5. The molecule has 3 aromatic carbocycles. The number of hydrogen-bond donors (Lipinski definition) is 1. The predicted molar refractivity (Wildman–Crippen MR) is 98.0 cm³/mol. The maximum atomic E-state index is 10.7. The standard InChI is InChI=1S/C19H15ClN2O2/c1-13-4-2-3-5-17(13)14-6-11-19(18(20)12-14)21-15-7-9-16(10-8-15)22(23)24/h2-12,21H,1H3. The van der Waals surface area contributed by atoms with E-state index in [0.29, 0.717) is 5.02 Å². The van der Waals surface area contributed by atoms with Gasteiger partial charge in [-0.1, -0.05) is 41.9 Å². The van der Waals surface area contributed by atoms with Gasteiger partial charge in [0.2, 0.25) is 0 Å². The summed E-state index contributed by atoms with van der Waals surface area (Å²) >= 11 is 6.39. The SMILES string of the molecule is Cc1ccccc1-c1ccc(Nc2ccc([N+](=O)[O-])cc2)c(Cl)c1. The van der Waals surface area contributed by atoms with Crippen LogP contribution in [0.3, 0.4) is 0 Å². The highest BCUT2D eigenvalue weighted by molar-refractivity contribution is 6.33. The van der Waals surface area contributed by atoms with Crippen LogP contribution in [0.5, 0.6) is 0 Å². The van der Waals surface area contributed by atoms with E-state index in [1.54, 1.807) is 12.1 Å². The number of anilines is 2. The molecule has 24 heavy (non-hydrogen) atoms. The summed E-state index contributed by atoms with van der Waals surface area (Å²) in [6.07, 6.45) is 0. The summed E-state index contributed by atoms with van der Waals surface area (Å²) < 4.78 is 0. The third kappa shape index (κ3) is 3.39. The summed E-state index contributed by atoms with van der Waals surface area (Å²) in [5, 5.41) is 14.5. The molecule has 0 bridgehead atoms. The van der Waals surface area contributed by atoms with Gasteiger partial charge < -0.3 is 5.32 Å². The first kappa shape index (κ1) is 16.0. The van der Waals surface area contributed by atoms with Crippen molar-refractivity contribution in [3.05, 3.63) is 87.4 Å². The van der Waals surface area contributed by atoms with Gasteiger partial charge in [0.05, 0.1) is 15.6 Å². The summed E-state index contributed by atoms with van der Waals surface area (Å²) in [7, 11) is 0. The molecule has 0 heterocycles. The van der Waals surface area contributed by atoms with Gasteiger partial charge in [-0.25, -0.2) is 0 Å². The minimum Gasteiger partial charge on any atom is -0.354 e. The molecule has 3 aromatic rings. The van der Waals surface area contributed by atoms with Gasteiger partial charge in [0, 0.05) is 17.8 Å². The first-order chi connectivity index (χ1) is 11.5. The number of hydrogen-bond acceptors (Lipinski definition) is 3. The zero-order valence-corrected chi connectivity index (χ0v) is 13.7. The number of nitro groups is 1. The fraction of sp³-hybridized carbons (Fsp3) is 0.0526. The maximum Gasteiger partial charge on any atom is 0.269 e. The highest BCUT2D eigenvalue weighted by Crippen LogP contribution is 2.32. The van der Waals surface area contributed by atoms with Crippen LogP contribution in [0.25, 0.3) is 11.1 Å². The molecule has 0 aromatic heterocycles. The summed E-state index contributed by atoms with van der Waals surface area (Å²) in [6.45, 7) is 2.06. The van der Waals surface area contributed by atoms with Crippen molar-refractivity contribution < 1.29 is 4.92 Å². The molecule has 0 spiro atoms. The quantitative estimate of drug-likeness (QED) is 0.471. The average Bonchev–Trinajstić information content (AvgIpc) is 2.58. The molecule has 3 rings (SSSR count). The third-order valence-electron chi connectivity index (χ3n) is 3.78. The molecule has 0 fully saturated rings. The molecule has 4 nitrogen and oxygen atoms in total. The Bertz CT molecular complexity index is 892. The number of halogens is 1. The minimum atomic E-state index is -0.423. The first-order valence-corrected chi connectivity index (χ1v) is 7.79. The third-order valence-corrected chi connectivity index (χ3v) is 4.09. The molecule has 0 saturated carbocycles. The fourth-order valence-corrected chi connectivity index (χ4v) is 2.73. The van der Waals surface area contributed by atoms with Gasteiger partial charge in [0.25, 0.3) is 5.69 Å². The lowest BCUT2D eigenvalue weighted by atomic mass is 10.0. The van der Waals surface area contributed by atoms with Gasteiger partial charge in [0.15, 0.2) is 0 Å². The van der Waals surface area contributed by atoms with E-state index in [0.717, 1.165) is 22.5 Å². The first-order valence-electron chi connectivity index (χ1n) is 7.41. The Labute approximate surface area is 144 Å². The van der Waals surface area contributed by atoms with Gasteiger partial charge >= 0.3 is 0 Å². The van der Waals surface area contributed by atoms with Gasteiger partial charge in [-0.3, -0.25) is 10.1 Å². The van der Waals surface area contributed by atoms with Gasteiger partial charge in [-0.05, 0) is 47.9 Å². The second-order valence-corrected chi connectivity index (χ2v) is 5.85. The van der Waals surface area contributed by atoms with E-state index >= 15 is 0 Å². The second kappa shape index (κ2) is 6.72. The second-order valence-electron chi connectivity index (χ2n) is 5.44. The number of nitrogens with zero attached hydrogens (tertiary/aromatic N) is 1. The van der Waals surface area contributed by atoms with Crippen LogP contribution in [-0.4, -0.2) is 4.92 Å². The normalized spacial score (nSPS) is 10.4. The lowest BCUT2D eigenvalue weighted by Crippen LogP contribution is -1.93. The lowest BCUT2D eigenvalue weighted by Gasteiger charge is -2.11. The van der Waals surface area contributed by atoms with Crippen molar-refractivity contribution in [2.75, 3.05) is 5.32 Å². The van der Waals surface area contributed by atoms with Gasteiger partial charge in [-0.2, -0.15) is 0 Å². The number of nitro benzene ring substituents is 1. The number of benzene rings is 3. The minimum absolute atomic E-state index is 0.0570. The van der Waals surface area contributed by atoms with E-state index in [-0.39, 0.29) is 5.69 Å². The molecule has 0 unspecified atom stereocenters. The molecule has 0 saturated heterocycles. The van der Waals surface area contributed by atoms with Crippen LogP contribution in [-0.2, 0) is 0 Å². The monoisotopic (exact) mass is 338 g/mol. The van der Waals surface area contributed by atoms with Gasteiger partial charge in [0.1, 0.15) is 0 Å². The highest BCUT2D eigenvalue weighted by Gasteiger charge is 2.08. The van der Waals surface area contributed by atoms with Crippen molar-refractivity contribution in [2.45, 2.75) is 6.92 Å². The number of aryl methyl sites for hydroxylation is 1. The van der Waals surface area contributed by atoms with Crippen LogP contribution in [0.4, 0.5) is 17.1 Å². The van der Waals surface area contributed by atoms with Crippen LogP contribution in [0, 0.1) is 17.0 Å². The molecule has 0 radical (unpaired) electrons. The topological polar surface area (TPSA) is 55.2 Å². The number of nitrogens with one attached hydrogen (secondary N) is 1. The lowest BCUT2D eigenvalue weighted by molar-refractivity contribution is -0.384. The molecule has 1 N–H and O–H groups in total. The Hall–Kier alpha value is -2.85. The van der Waals surface area contributed by atoms with Crippen LogP contribution < -0.4 is 5.32 Å². The summed E-state index contributed by atoms with van der Waals surface area (Å²) in [5.41, 5.74) is 4.92. The smallest absolute Gasteiger partial charge is 0.269 e. The van der Waals surface area contributed by atoms with E-state index in [9.17, 15) is 10.1 Å². The van der Waals surface area contributed by atoms with Crippen molar-refractivity contribution in [3.8, 4) is 11.1 Å². The van der Waals surface area contributed by atoms with E-state index in [1.807, 2.05) is 30.3 Å². The van der Waals surface area contributed by atoms with Crippen molar-refractivity contribution in [2.24, 2.45) is 0 Å². The molecule has 0 aliphatic heterocycles. The summed E-state index contributed by atoms with van der Waals surface area (Å²) in [6, 6.07) is 20.2. The molecule has 0 atom stereocenters. The van der Waals surface area contributed by atoms with Crippen molar-refractivity contribution in [1.82, 2.24) is 0 Å². The van der Waals surface area contributed by atoms with Crippen LogP contribution in [0.15, 0.2) is 66.7 Å². The van der Waals surface area contributed by atoms with Crippen molar-refractivity contribution >= 4 is 28.7 Å². The molecule has 120 valence electrons. The summed E-state index contributed by atoms with van der Waals surface area (Å²) in [4.78, 5) is 10.3. The number of non-ortho nitro benzene ring substituents is 1. The van der Waals surface area contributed by atoms with Crippen LogP contribution in [0.2, 0.25) is 5.02 Å². The zero-order valence-electron chi connectivity index (χ0n) is 13.0. The van der Waals surface area contributed by atoms with E-state index in [4.69, 9.17) is 11.6 Å². The van der Waals surface area contributed by atoms with E-state index in [1.165, 1.54) is 17.7 Å². The predicted octanol–water partition coefficient (Wildman–Crippen LogP) is 5.97. The van der Waals surface area contributed by atoms with Gasteiger partial charge in [-0.15, -0.1) is 0 Å². The average molecular weight is 339 g/mol. The van der Waals surface area contributed by atoms with E-state index in [2.05, 4.69) is 24.4 Å². The Balaban J connectivity index is 1.85. The molecule has 5 heteroatoms. The fourth-order valence-electron chi connectivity index (χ4n) is 2.50. The largest absolute Gasteiger partial charge is 0.354 e. The Morgan fingerprint density at radius 3 is 2.33 bits per heavy atom. The van der Waals surface area contributed by atoms with Crippen molar-refractivity contribution in [3.63, 3.8) is 0 Å².